The van der Waals surface area contributed by atoms with Gasteiger partial charge in [0, 0.05) is 30.3 Å². The van der Waals surface area contributed by atoms with Gasteiger partial charge in [-0.05, 0) is 55.0 Å². The normalized spacial score (nSPS) is 10.0. The molecule has 0 saturated heterocycles. The molecule has 3 aromatic rings. The molecule has 3 rings (SSSR count). The standard InChI is InChI=1S/C19H16N6O/c1-13-10-17(18(26)22-12-15-6-8-21-9-7-15)25-19(23-13)24-16-4-2-14(11-20)3-5-16/h2-10H,12H2,1H3,(H,22,26)(H,23,24,25). The first kappa shape index (κ1) is 17.0. The minimum Gasteiger partial charge on any atom is -0.347 e. The second-order valence-corrected chi connectivity index (χ2v) is 5.57. The van der Waals surface area contributed by atoms with Gasteiger partial charge in [-0.25, -0.2) is 9.97 Å². The molecule has 0 atom stereocenters. The predicted octanol–water partition coefficient (Wildman–Crippen LogP) is 2.73. The molecule has 0 radical (unpaired) electrons. The summed E-state index contributed by atoms with van der Waals surface area (Å²) >= 11 is 0. The maximum atomic E-state index is 12.4. The summed E-state index contributed by atoms with van der Waals surface area (Å²) in [5, 5.41) is 14.7. The molecule has 0 bridgehead atoms. The van der Waals surface area contributed by atoms with Crippen LogP contribution < -0.4 is 10.6 Å². The van der Waals surface area contributed by atoms with Crippen LogP contribution in [-0.4, -0.2) is 20.9 Å². The summed E-state index contributed by atoms with van der Waals surface area (Å²) in [6.07, 6.45) is 3.35. The van der Waals surface area contributed by atoms with Gasteiger partial charge in [0.15, 0.2) is 0 Å². The number of aromatic nitrogens is 3. The van der Waals surface area contributed by atoms with Gasteiger partial charge in [0.1, 0.15) is 5.69 Å². The quantitative estimate of drug-likeness (QED) is 0.737. The molecule has 7 heteroatoms. The summed E-state index contributed by atoms with van der Waals surface area (Å²) in [5.74, 6) is 0.0407. The van der Waals surface area contributed by atoms with Gasteiger partial charge in [-0.1, -0.05) is 0 Å². The Labute approximate surface area is 150 Å². The van der Waals surface area contributed by atoms with Crippen LogP contribution in [0.1, 0.15) is 27.3 Å². The number of nitrogens with one attached hydrogen (secondary N) is 2. The molecular formula is C19H16N6O. The second-order valence-electron chi connectivity index (χ2n) is 5.57. The van der Waals surface area contributed by atoms with Crippen molar-refractivity contribution >= 4 is 17.5 Å². The molecule has 7 nitrogen and oxygen atoms in total. The summed E-state index contributed by atoms with van der Waals surface area (Å²) in [4.78, 5) is 24.9. The van der Waals surface area contributed by atoms with Gasteiger partial charge >= 0.3 is 0 Å². The summed E-state index contributed by atoms with van der Waals surface area (Å²) in [5.41, 5.74) is 3.21. The zero-order chi connectivity index (χ0) is 18.4. The smallest absolute Gasteiger partial charge is 0.270 e. The van der Waals surface area contributed by atoms with Crippen molar-refractivity contribution in [2.24, 2.45) is 0 Å². The van der Waals surface area contributed by atoms with E-state index in [9.17, 15) is 4.79 Å². The van der Waals surface area contributed by atoms with E-state index in [1.807, 2.05) is 12.1 Å². The molecule has 0 fully saturated rings. The van der Waals surface area contributed by atoms with Crippen molar-refractivity contribution in [1.29, 1.82) is 5.26 Å². The summed E-state index contributed by atoms with van der Waals surface area (Å²) in [7, 11) is 0. The van der Waals surface area contributed by atoms with Gasteiger partial charge in [0.2, 0.25) is 5.95 Å². The molecule has 1 aromatic carbocycles. The fraction of sp³-hybridized carbons (Fsp3) is 0.105. The van der Waals surface area contributed by atoms with Gasteiger partial charge in [-0.3, -0.25) is 9.78 Å². The largest absolute Gasteiger partial charge is 0.347 e. The highest BCUT2D eigenvalue weighted by Gasteiger charge is 2.11. The Morgan fingerprint density at radius 2 is 1.85 bits per heavy atom. The Kier molecular flexibility index (Phi) is 5.15. The SMILES string of the molecule is Cc1cc(C(=O)NCc2ccncc2)nc(Nc2ccc(C#N)cc2)n1. The number of anilines is 2. The summed E-state index contributed by atoms with van der Waals surface area (Å²) in [6.45, 7) is 2.19. The predicted molar refractivity (Wildman–Crippen MR) is 96.6 cm³/mol. The Hall–Kier alpha value is -3.79. The van der Waals surface area contributed by atoms with Crippen molar-refractivity contribution in [3.63, 3.8) is 0 Å². The Balaban J connectivity index is 1.72. The van der Waals surface area contributed by atoms with Crippen LogP contribution in [0.15, 0.2) is 54.9 Å². The van der Waals surface area contributed by atoms with Crippen molar-refractivity contribution in [3.8, 4) is 6.07 Å². The molecule has 0 aliphatic rings. The maximum absolute atomic E-state index is 12.4. The molecule has 0 saturated carbocycles. The third-order valence-corrected chi connectivity index (χ3v) is 3.56. The molecule has 2 N–H and O–H groups in total. The fourth-order valence-corrected chi connectivity index (χ4v) is 2.27. The van der Waals surface area contributed by atoms with Crippen LogP contribution in [0.3, 0.4) is 0 Å². The number of hydrogen-bond donors (Lipinski definition) is 2. The highest BCUT2D eigenvalue weighted by Crippen LogP contribution is 2.15. The number of carbonyl (C=O) groups excluding carboxylic acids is 1. The number of pyridine rings is 1. The van der Waals surface area contributed by atoms with Crippen molar-refractivity contribution < 1.29 is 4.79 Å². The van der Waals surface area contributed by atoms with E-state index in [0.29, 0.717) is 23.8 Å². The molecule has 0 spiro atoms. The Morgan fingerprint density at radius 1 is 1.12 bits per heavy atom. The van der Waals surface area contributed by atoms with Crippen LogP contribution in [0.25, 0.3) is 0 Å². The van der Waals surface area contributed by atoms with E-state index in [1.165, 1.54) is 0 Å². The van der Waals surface area contributed by atoms with Gasteiger partial charge in [0.05, 0.1) is 11.6 Å². The van der Waals surface area contributed by atoms with E-state index in [-0.39, 0.29) is 11.6 Å². The van der Waals surface area contributed by atoms with Crippen LogP contribution in [0.4, 0.5) is 11.6 Å². The number of rotatable bonds is 5. The number of hydrogen-bond acceptors (Lipinski definition) is 6. The number of carbonyl (C=O) groups is 1. The molecule has 0 aliphatic carbocycles. The van der Waals surface area contributed by atoms with Crippen molar-refractivity contribution in [2.45, 2.75) is 13.5 Å². The summed E-state index contributed by atoms with van der Waals surface area (Å²) < 4.78 is 0. The molecule has 0 aliphatic heterocycles. The third-order valence-electron chi connectivity index (χ3n) is 3.56. The first-order valence-electron chi connectivity index (χ1n) is 7.94. The van der Waals surface area contributed by atoms with E-state index >= 15 is 0 Å². The lowest BCUT2D eigenvalue weighted by Crippen LogP contribution is -2.24. The maximum Gasteiger partial charge on any atom is 0.270 e. The average molecular weight is 344 g/mol. The van der Waals surface area contributed by atoms with E-state index < -0.39 is 0 Å². The molecule has 2 aromatic heterocycles. The average Bonchev–Trinajstić information content (AvgIpc) is 2.67. The third kappa shape index (κ3) is 4.39. The first-order chi connectivity index (χ1) is 12.6. The number of amides is 1. The molecule has 1 amide bonds. The fourth-order valence-electron chi connectivity index (χ4n) is 2.27. The minimum atomic E-state index is -0.282. The Bertz CT molecular complexity index is 948. The van der Waals surface area contributed by atoms with E-state index in [2.05, 4.69) is 31.7 Å². The number of benzene rings is 1. The highest BCUT2D eigenvalue weighted by atomic mass is 16.1. The van der Waals surface area contributed by atoms with Crippen LogP contribution >= 0.6 is 0 Å². The lowest BCUT2D eigenvalue weighted by Gasteiger charge is -2.09. The number of aryl methyl sites for hydroxylation is 1. The van der Waals surface area contributed by atoms with Crippen molar-refractivity contribution in [2.75, 3.05) is 5.32 Å². The van der Waals surface area contributed by atoms with Crippen LogP contribution in [0.2, 0.25) is 0 Å². The molecule has 26 heavy (non-hydrogen) atoms. The highest BCUT2D eigenvalue weighted by molar-refractivity contribution is 5.92. The summed E-state index contributed by atoms with van der Waals surface area (Å²) in [6, 6.07) is 14.3. The lowest BCUT2D eigenvalue weighted by molar-refractivity contribution is 0.0945. The van der Waals surface area contributed by atoms with Gasteiger partial charge < -0.3 is 10.6 Å². The second kappa shape index (κ2) is 7.85. The molecule has 2 heterocycles. The number of nitrogens with zero attached hydrogens (tertiary/aromatic N) is 4. The molecular weight excluding hydrogens is 328 g/mol. The zero-order valence-electron chi connectivity index (χ0n) is 14.1. The van der Waals surface area contributed by atoms with Crippen LogP contribution in [0, 0.1) is 18.3 Å². The van der Waals surface area contributed by atoms with E-state index in [0.717, 1.165) is 11.3 Å². The van der Waals surface area contributed by atoms with Gasteiger partial charge in [-0.2, -0.15) is 5.26 Å². The minimum absolute atomic E-state index is 0.280. The van der Waals surface area contributed by atoms with E-state index in [4.69, 9.17) is 5.26 Å². The van der Waals surface area contributed by atoms with Gasteiger partial charge in [0.25, 0.3) is 5.91 Å². The van der Waals surface area contributed by atoms with Crippen molar-refractivity contribution in [1.82, 2.24) is 20.3 Å². The zero-order valence-corrected chi connectivity index (χ0v) is 14.1. The van der Waals surface area contributed by atoms with Crippen LogP contribution in [0.5, 0.6) is 0 Å². The lowest BCUT2D eigenvalue weighted by atomic mass is 10.2. The monoisotopic (exact) mass is 344 g/mol. The van der Waals surface area contributed by atoms with Crippen LogP contribution in [-0.2, 0) is 6.54 Å². The van der Waals surface area contributed by atoms with Crippen molar-refractivity contribution in [3.05, 3.63) is 77.4 Å². The molecule has 128 valence electrons. The first-order valence-corrected chi connectivity index (χ1v) is 7.94. The Morgan fingerprint density at radius 3 is 2.54 bits per heavy atom. The van der Waals surface area contributed by atoms with E-state index in [1.54, 1.807) is 49.6 Å². The van der Waals surface area contributed by atoms with Gasteiger partial charge in [-0.15, -0.1) is 0 Å². The topological polar surface area (TPSA) is 104 Å². The molecule has 0 unspecified atom stereocenters. The number of nitriles is 1.